The predicted molar refractivity (Wildman–Crippen MR) is 109 cm³/mol. The minimum atomic E-state index is 0.0688. The van der Waals surface area contributed by atoms with Crippen LogP contribution >= 0.6 is 11.3 Å². The van der Waals surface area contributed by atoms with Crippen molar-refractivity contribution >= 4 is 33.3 Å². The summed E-state index contributed by atoms with van der Waals surface area (Å²) in [5.41, 5.74) is 1.28. The van der Waals surface area contributed by atoms with Gasteiger partial charge in [0.15, 0.2) is 0 Å². The lowest BCUT2D eigenvalue weighted by molar-refractivity contribution is -0.125. The topological polar surface area (TPSA) is 66.9 Å². The van der Waals surface area contributed by atoms with E-state index in [0.717, 1.165) is 39.6 Å². The van der Waals surface area contributed by atoms with E-state index in [4.69, 9.17) is 0 Å². The fourth-order valence-electron chi connectivity index (χ4n) is 6.25. The molecule has 4 fully saturated rings. The van der Waals surface area contributed by atoms with Gasteiger partial charge in [-0.15, -0.1) is 11.3 Å². The molecule has 0 unspecified atom stereocenters. The number of aryl methyl sites for hydroxylation is 3. The largest absolute Gasteiger partial charge is 0.360 e. The van der Waals surface area contributed by atoms with Gasteiger partial charge in [0.05, 0.1) is 11.9 Å². The Balaban J connectivity index is 1.31. The highest BCUT2D eigenvalue weighted by molar-refractivity contribution is 7.18. The number of carbonyl (C=O) groups is 1. The molecule has 6 heteroatoms. The van der Waals surface area contributed by atoms with Gasteiger partial charge < -0.3 is 10.6 Å². The lowest BCUT2D eigenvalue weighted by Gasteiger charge is -2.56. The third kappa shape index (κ3) is 3.02. The molecule has 0 saturated heterocycles. The molecular weight excluding hydrogens is 356 g/mol. The lowest BCUT2D eigenvalue weighted by Crippen LogP contribution is -2.60. The molecule has 4 aliphatic rings. The maximum absolute atomic E-state index is 12.8. The van der Waals surface area contributed by atoms with Gasteiger partial charge in [0.25, 0.3) is 0 Å². The molecule has 0 atom stereocenters. The minimum Gasteiger partial charge on any atom is -0.360 e. The molecular formula is C21H28N4OS. The molecule has 2 N–H and O–H groups in total. The summed E-state index contributed by atoms with van der Waals surface area (Å²) >= 11 is 1.69. The van der Waals surface area contributed by atoms with Crippen LogP contribution in [0.25, 0.3) is 10.2 Å². The van der Waals surface area contributed by atoms with Gasteiger partial charge in [0, 0.05) is 10.4 Å². The van der Waals surface area contributed by atoms with Crippen LogP contribution in [-0.4, -0.2) is 28.0 Å². The van der Waals surface area contributed by atoms with Crippen LogP contribution in [0.15, 0.2) is 0 Å². The Morgan fingerprint density at radius 3 is 2.33 bits per heavy atom. The minimum absolute atomic E-state index is 0.0688. The van der Waals surface area contributed by atoms with E-state index in [1.165, 1.54) is 49.0 Å². The van der Waals surface area contributed by atoms with Gasteiger partial charge in [-0.2, -0.15) is 0 Å². The molecule has 2 aromatic heterocycles. The fraction of sp³-hybridized carbons (Fsp3) is 0.667. The summed E-state index contributed by atoms with van der Waals surface area (Å²) in [5.74, 6) is 4.15. The van der Waals surface area contributed by atoms with Crippen LogP contribution in [0.4, 0.5) is 5.82 Å². The summed E-state index contributed by atoms with van der Waals surface area (Å²) in [6.07, 6.45) is 7.73. The van der Waals surface area contributed by atoms with Crippen molar-refractivity contribution in [2.45, 2.75) is 64.8 Å². The van der Waals surface area contributed by atoms with E-state index in [1.807, 2.05) is 6.92 Å². The first-order valence-corrected chi connectivity index (χ1v) is 11.0. The number of anilines is 1. The highest BCUT2D eigenvalue weighted by Crippen LogP contribution is 2.55. The van der Waals surface area contributed by atoms with Gasteiger partial charge in [-0.3, -0.25) is 4.79 Å². The smallest absolute Gasteiger partial charge is 0.239 e. The number of hydrogen-bond acceptors (Lipinski definition) is 5. The Morgan fingerprint density at radius 2 is 1.70 bits per heavy atom. The highest BCUT2D eigenvalue weighted by atomic mass is 32.1. The van der Waals surface area contributed by atoms with E-state index in [-0.39, 0.29) is 18.0 Å². The van der Waals surface area contributed by atoms with E-state index in [2.05, 4.69) is 34.4 Å². The normalized spacial score (nSPS) is 31.4. The van der Waals surface area contributed by atoms with Gasteiger partial charge in [-0.1, -0.05) is 0 Å². The molecule has 0 aliphatic heterocycles. The van der Waals surface area contributed by atoms with Gasteiger partial charge >= 0.3 is 0 Å². The molecule has 1 amide bonds. The van der Waals surface area contributed by atoms with Crippen molar-refractivity contribution < 1.29 is 4.79 Å². The molecule has 2 heterocycles. The molecule has 144 valence electrons. The first kappa shape index (κ1) is 17.4. The second kappa shape index (κ2) is 6.16. The highest BCUT2D eigenvalue weighted by Gasteiger charge is 2.51. The van der Waals surface area contributed by atoms with Gasteiger partial charge in [0.1, 0.15) is 16.5 Å². The van der Waals surface area contributed by atoms with Crippen molar-refractivity contribution in [3.05, 3.63) is 16.3 Å². The third-order valence-electron chi connectivity index (χ3n) is 7.00. The second-order valence-corrected chi connectivity index (χ2v) is 10.4. The van der Waals surface area contributed by atoms with Crippen LogP contribution in [0.1, 0.15) is 54.8 Å². The maximum Gasteiger partial charge on any atom is 0.239 e. The van der Waals surface area contributed by atoms with E-state index in [0.29, 0.717) is 0 Å². The molecule has 6 rings (SSSR count). The van der Waals surface area contributed by atoms with Crippen molar-refractivity contribution in [3.8, 4) is 0 Å². The number of thiophene rings is 1. The average Bonchev–Trinajstić information content (AvgIpc) is 2.85. The van der Waals surface area contributed by atoms with E-state index in [1.54, 1.807) is 11.3 Å². The van der Waals surface area contributed by atoms with E-state index >= 15 is 0 Å². The number of nitrogens with one attached hydrogen (secondary N) is 2. The molecule has 0 radical (unpaired) electrons. The van der Waals surface area contributed by atoms with Crippen LogP contribution in [-0.2, 0) is 4.79 Å². The monoisotopic (exact) mass is 384 g/mol. The summed E-state index contributed by atoms with van der Waals surface area (Å²) in [6.45, 7) is 6.40. The first-order chi connectivity index (χ1) is 12.9. The Labute approximate surface area is 164 Å². The number of aromatic nitrogens is 2. The summed E-state index contributed by atoms with van der Waals surface area (Å²) in [4.78, 5) is 24.2. The number of fused-ring (bicyclic) bond motifs is 1. The number of carbonyl (C=O) groups excluding carboxylic acids is 1. The Bertz CT molecular complexity index is 883. The fourth-order valence-corrected chi connectivity index (χ4v) is 7.33. The van der Waals surface area contributed by atoms with Crippen LogP contribution in [0.5, 0.6) is 0 Å². The first-order valence-electron chi connectivity index (χ1n) is 10.2. The number of nitrogens with zero attached hydrogens (tertiary/aromatic N) is 2. The Morgan fingerprint density at radius 1 is 1.07 bits per heavy atom. The van der Waals surface area contributed by atoms with Gasteiger partial charge in [-0.25, -0.2) is 9.97 Å². The zero-order valence-corrected chi connectivity index (χ0v) is 17.2. The summed E-state index contributed by atoms with van der Waals surface area (Å²) in [7, 11) is 0. The Hall–Kier alpha value is -1.69. The molecule has 27 heavy (non-hydrogen) atoms. The van der Waals surface area contributed by atoms with Crippen molar-refractivity contribution in [2.75, 3.05) is 11.9 Å². The molecule has 4 aliphatic carbocycles. The number of rotatable bonds is 4. The lowest BCUT2D eigenvalue weighted by atomic mass is 9.53. The molecule has 5 nitrogen and oxygen atoms in total. The van der Waals surface area contributed by atoms with Crippen molar-refractivity contribution in [3.63, 3.8) is 0 Å². The quantitative estimate of drug-likeness (QED) is 0.832. The zero-order valence-electron chi connectivity index (χ0n) is 16.4. The predicted octanol–water partition coefficient (Wildman–Crippen LogP) is 4.11. The summed E-state index contributed by atoms with van der Waals surface area (Å²) in [5, 5.41) is 7.80. The average molecular weight is 385 g/mol. The van der Waals surface area contributed by atoms with Crippen molar-refractivity contribution in [2.24, 2.45) is 17.8 Å². The standard InChI is InChI=1S/C21H28N4OS/c1-11-12(2)27-20-18(11)19(23-13(3)24-20)22-10-17(26)25-21-7-14-4-15(8-21)6-16(5-14)9-21/h14-16H,4-10H2,1-3H3,(H,25,26)(H,22,23,24). The molecule has 0 aromatic carbocycles. The van der Waals surface area contributed by atoms with E-state index in [9.17, 15) is 4.79 Å². The van der Waals surface area contributed by atoms with E-state index < -0.39 is 0 Å². The maximum atomic E-state index is 12.8. The molecule has 2 aromatic rings. The van der Waals surface area contributed by atoms with Gasteiger partial charge in [0.2, 0.25) is 5.91 Å². The number of amides is 1. The van der Waals surface area contributed by atoms with Crippen molar-refractivity contribution in [1.82, 2.24) is 15.3 Å². The van der Waals surface area contributed by atoms with Crippen LogP contribution in [0.3, 0.4) is 0 Å². The second-order valence-electron chi connectivity index (χ2n) is 9.18. The molecule has 4 saturated carbocycles. The third-order valence-corrected chi connectivity index (χ3v) is 8.10. The summed E-state index contributed by atoms with van der Waals surface area (Å²) in [6, 6.07) is 0. The van der Waals surface area contributed by atoms with Crippen LogP contribution in [0.2, 0.25) is 0 Å². The van der Waals surface area contributed by atoms with Crippen LogP contribution < -0.4 is 10.6 Å². The number of hydrogen-bond donors (Lipinski definition) is 2. The SMILES string of the molecule is Cc1nc(NCC(=O)NC23CC4CC(CC(C4)C2)C3)c2c(C)c(C)sc2n1. The molecule has 0 spiro atoms. The van der Waals surface area contributed by atoms with Crippen LogP contribution in [0, 0.1) is 38.5 Å². The molecule has 4 bridgehead atoms. The Kier molecular flexibility index (Phi) is 3.97. The summed E-state index contributed by atoms with van der Waals surface area (Å²) < 4.78 is 0. The van der Waals surface area contributed by atoms with Crippen molar-refractivity contribution in [1.29, 1.82) is 0 Å². The van der Waals surface area contributed by atoms with Gasteiger partial charge in [-0.05, 0) is 82.6 Å². The zero-order chi connectivity index (χ0) is 18.8.